The molecule has 0 radical (unpaired) electrons. The number of hydrogen-bond acceptors (Lipinski definition) is 3. The highest BCUT2D eigenvalue weighted by atomic mass is 15.4. The fourth-order valence-corrected chi connectivity index (χ4v) is 1.71. The quantitative estimate of drug-likeness (QED) is 0.380. The standard InChI is InChI=1S/C14H22N4/c1-4-7-8-9-10-11-13-16-14(5-2)18(17-13)12-15-6-3/h5-6,12H,2-4,7-11H2,1H3. The molecular weight excluding hydrogens is 224 g/mol. The second-order valence-electron chi connectivity index (χ2n) is 4.15. The zero-order chi connectivity index (χ0) is 13.2. The number of unbranched alkanes of at least 4 members (excludes halogenated alkanes) is 4. The lowest BCUT2D eigenvalue weighted by Crippen LogP contribution is -2.00. The molecule has 0 atom stereocenters. The molecule has 0 aliphatic heterocycles. The number of aryl methyl sites for hydroxylation is 1. The van der Waals surface area contributed by atoms with Crippen LogP contribution in [0.5, 0.6) is 0 Å². The summed E-state index contributed by atoms with van der Waals surface area (Å²) in [6, 6.07) is 0. The van der Waals surface area contributed by atoms with E-state index in [0.29, 0.717) is 0 Å². The van der Waals surface area contributed by atoms with Crippen molar-refractivity contribution in [3.05, 3.63) is 31.0 Å². The van der Waals surface area contributed by atoms with Gasteiger partial charge >= 0.3 is 0 Å². The summed E-state index contributed by atoms with van der Waals surface area (Å²) >= 11 is 0. The molecule has 0 bridgehead atoms. The molecule has 0 saturated carbocycles. The van der Waals surface area contributed by atoms with Crippen molar-refractivity contribution in [3.8, 4) is 0 Å². The number of aromatic nitrogens is 3. The third kappa shape index (κ3) is 4.65. The Kier molecular flexibility index (Phi) is 6.69. The Hall–Kier alpha value is -1.71. The first-order valence-corrected chi connectivity index (χ1v) is 6.53. The van der Waals surface area contributed by atoms with E-state index >= 15 is 0 Å². The lowest BCUT2D eigenvalue weighted by molar-refractivity contribution is 0.622. The molecule has 0 fully saturated rings. The van der Waals surface area contributed by atoms with Crippen LogP contribution < -0.4 is 0 Å². The summed E-state index contributed by atoms with van der Waals surface area (Å²) in [6.45, 7) is 9.47. The minimum Gasteiger partial charge on any atom is -0.245 e. The van der Waals surface area contributed by atoms with E-state index in [-0.39, 0.29) is 0 Å². The van der Waals surface area contributed by atoms with Crippen LogP contribution in [0.25, 0.3) is 6.08 Å². The van der Waals surface area contributed by atoms with E-state index in [1.165, 1.54) is 31.9 Å². The smallest absolute Gasteiger partial charge is 0.156 e. The van der Waals surface area contributed by atoms with Crippen molar-refractivity contribution in [3.63, 3.8) is 0 Å². The second-order valence-corrected chi connectivity index (χ2v) is 4.15. The van der Waals surface area contributed by atoms with Gasteiger partial charge in [-0.15, -0.1) is 5.10 Å². The van der Waals surface area contributed by atoms with E-state index < -0.39 is 0 Å². The zero-order valence-electron chi connectivity index (χ0n) is 11.2. The molecule has 1 aromatic rings. The molecule has 0 aliphatic rings. The number of rotatable bonds is 9. The van der Waals surface area contributed by atoms with Crippen LogP contribution in [0.2, 0.25) is 0 Å². The molecule has 0 unspecified atom stereocenters. The molecule has 18 heavy (non-hydrogen) atoms. The summed E-state index contributed by atoms with van der Waals surface area (Å²) in [5.74, 6) is 1.58. The predicted molar refractivity (Wildman–Crippen MR) is 76.7 cm³/mol. The zero-order valence-corrected chi connectivity index (χ0v) is 11.2. The topological polar surface area (TPSA) is 43.1 Å². The van der Waals surface area contributed by atoms with Crippen molar-refractivity contribution in [2.24, 2.45) is 4.99 Å². The Morgan fingerprint density at radius 2 is 2.00 bits per heavy atom. The van der Waals surface area contributed by atoms with Crippen LogP contribution in [0, 0.1) is 0 Å². The fraction of sp³-hybridized carbons (Fsp3) is 0.500. The molecule has 4 nitrogen and oxygen atoms in total. The summed E-state index contributed by atoms with van der Waals surface area (Å²) in [4.78, 5) is 8.34. The Morgan fingerprint density at radius 1 is 1.22 bits per heavy atom. The summed E-state index contributed by atoms with van der Waals surface area (Å²) in [5.41, 5.74) is 0. The van der Waals surface area contributed by atoms with Gasteiger partial charge in [0.1, 0.15) is 6.34 Å². The van der Waals surface area contributed by atoms with E-state index in [0.717, 1.165) is 24.5 Å². The molecular formula is C14H22N4. The molecule has 0 saturated heterocycles. The van der Waals surface area contributed by atoms with Crippen LogP contribution in [0.3, 0.4) is 0 Å². The maximum Gasteiger partial charge on any atom is 0.156 e. The van der Waals surface area contributed by atoms with Crippen LogP contribution >= 0.6 is 0 Å². The van der Waals surface area contributed by atoms with Gasteiger partial charge in [-0.1, -0.05) is 45.8 Å². The van der Waals surface area contributed by atoms with E-state index in [2.05, 4.69) is 35.2 Å². The number of hydrogen-bond donors (Lipinski definition) is 0. The summed E-state index contributed by atoms with van der Waals surface area (Å²) in [7, 11) is 0. The molecule has 0 aromatic carbocycles. The predicted octanol–water partition coefficient (Wildman–Crippen LogP) is 3.45. The van der Waals surface area contributed by atoms with Gasteiger partial charge in [0.25, 0.3) is 0 Å². The van der Waals surface area contributed by atoms with Crippen LogP contribution in [0.15, 0.2) is 24.4 Å². The number of nitrogens with zero attached hydrogens (tertiary/aromatic N) is 4. The average Bonchev–Trinajstić information content (AvgIpc) is 2.78. The Balaban J connectivity index is 2.51. The Bertz CT molecular complexity index is 404. The third-order valence-electron chi connectivity index (χ3n) is 2.67. The monoisotopic (exact) mass is 246 g/mol. The van der Waals surface area contributed by atoms with Gasteiger partial charge in [0.05, 0.1) is 0 Å². The maximum atomic E-state index is 4.41. The normalized spacial score (nSPS) is 10.9. The van der Waals surface area contributed by atoms with Crippen molar-refractivity contribution in [1.82, 2.24) is 14.8 Å². The molecule has 1 aromatic heterocycles. The molecule has 1 heterocycles. The maximum absolute atomic E-state index is 4.41. The lowest BCUT2D eigenvalue weighted by atomic mass is 10.1. The highest BCUT2D eigenvalue weighted by Gasteiger charge is 2.05. The van der Waals surface area contributed by atoms with Gasteiger partial charge in [-0.05, 0) is 12.5 Å². The summed E-state index contributed by atoms with van der Waals surface area (Å²) in [6.07, 6.45) is 11.9. The van der Waals surface area contributed by atoms with Crippen molar-refractivity contribution in [1.29, 1.82) is 0 Å². The number of aliphatic imine (C=N–C) groups is 1. The Labute approximate surface area is 109 Å². The van der Waals surface area contributed by atoms with E-state index in [1.807, 2.05) is 0 Å². The lowest BCUT2D eigenvalue weighted by Gasteiger charge is -1.96. The Morgan fingerprint density at radius 3 is 2.67 bits per heavy atom. The minimum atomic E-state index is 0.726. The molecule has 0 N–H and O–H groups in total. The third-order valence-corrected chi connectivity index (χ3v) is 2.67. The van der Waals surface area contributed by atoms with Crippen LogP contribution in [0.4, 0.5) is 0 Å². The van der Waals surface area contributed by atoms with E-state index in [9.17, 15) is 0 Å². The highest BCUT2D eigenvalue weighted by molar-refractivity contribution is 5.61. The first kappa shape index (κ1) is 14.4. The molecule has 0 aliphatic carbocycles. The molecule has 4 heteroatoms. The van der Waals surface area contributed by atoms with Gasteiger partial charge < -0.3 is 0 Å². The van der Waals surface area contributed by atoms with Gasteiger partial charge in [-0.25, -0.2) is 14.7 Å². The molecule has 0 amide bonds. The van der Waals surface area contributed by atoms with Crippen LogP contribution in [-0.2, 0) is 6.42 Å². The van der Waals surface area contributed by atoms with Crippen LogP contribution in [0.1, 0.15) is 50.7 Å². The first-order chi connectivity index (χ1) is 8.81. The fourth-order valence-electron chi connectivity index (χ4n) is 1.71. The highest BCUT2D eigenvalue weighted by Crippen LogP contribution is 2.07. The molecule has 1 rings (SSSR count). The van der Waals surface area contributed by atoms with Gasteiger partial charge in [-0.3, -0.25) is 0 Å². The molecule has 98 valence electrons. The average molecular weight is 246 g/mol. The minimum absolute atomic E-state index is 0.726. The SMILES string of the molecule is C=CN=Cn1nc(CCCCCCC)nc1C=C. The van der Waals surface area contributed by atoms with Gasteiger partial charge in [0.15, 0.2) is 11.6 Å². The van der Waals surface area contributed by atoms with Gasteiger partial charge in [0, 0.05) is 12.6 Å². The van der Waals surface area contributed by atoms with Crippen LogP contribution in [-0.4, -0.2) is 21.1 Å². The summed E-state index contributed by atoms with van der Waals surface area (Å²) < 4.78 is 1.63. The van der Waals surface area contributed by atoms with Crippen molar-refractivity contribution in [2.45, 2.75) is 45.4 Å². The van der Waals surface area contributed by atoms with Crippen molar-refractivity contribution >= 4 is 12.4 Å². The van der Waals surface area contributed by atoms with Gasteiger partial charge in [-0.2, -0.15) is 0 Å². The summed E-state index contributed by atoms with van der Waals surface area (Å²) in [5, 5.41) is 4.37. The van der Waals surface area contributed by atoms with E-state index in [1.54, 1.807) is 17.1 Å². The van der Waals surface area contributed by atoms with Gasteiger partial charge in [0.2, 0.25) is 0 Å². The van der Waals surface area contributed by atoms with Crippen molar-refractivity contribution in [2.75, 3.05) is 0 Å². The largest absolute Gasteiger partial charge is 0.245 e. The van der Waals surface area contributed by atoms with E-state index in [4.69, 9.17) is 0 Å². The van der Waals surface area contributed by atoms with Crippen molar-refractivity contribution < 1.29 is 0 Å². The molecule has 0 spiro atoms. The first-order valence-electron chi connectivity index (χ1n) is 6.53. The second kappa shape index (κ2) is 8.39.